The van der Waals surface area contributed by atoms with E-state index in [-0.39, 0.29) is 11.5 Å². The average Bonchev–Trinajstić information content (AvgIpc) is 3.64. The Balaban J connectivity index is 1.07. The van der Waals surface area contributed by atoms with Gasteiger partial charge in [0.15, 0.2) is 0 Å². The lowest BCUT2D eigenvalue weighted by atomic mass is 10.1. The predicted molar refractivity (Wildman–Crippen MR) is 177 cm³/mol. The second-order valence-electron chi connectivity index (χ2n) is 10.8. The number of nitrogens with one attached hydrogen (secondary N) is 2. The molecule has 0 aliphatic rings. The summed E-state index contributed by atoms with van der Waals surface area (Å²) in [4.78, 5) is 25.1. The molecule has 0 atom stereocenters. The molecule has 44 heavy (non-hydrogen) atoms. The van der Waals surface area contributed by atoms with E-state index in [0.29, 0.717) is 34.2 Å². The van der Waals surface area contributed by atoms with Gasteiger partial charge in [0.1, 0.15) is 23.1 Å². The molecule has 0 unspecified atom stereocenters. The van der Waals surface area contributed by atoms with E-state index >= 15 is 0 Å². The van der Waals surface area contributed by atoms with Crippen molar-refractivity contribution in [2.75, 3.05) is 0 Å². The van der Waals surface area contributed by atoms with E-state index in [2.05, 4.69) is 29.9 Å². The maximum Gasteiger partial charge on any atom is 0.142 e. The Morgan fingerprint density at radius 2 is 0.977 bits per heavy atom. The second kappa shape index (κ2) is 11.0. The number of phenols is 2. The molecule has 2 aromatic heterocycles. The molecule has 0 saturated carbocycles. The predicted octanol–water partition coefficient (Wildman–Crippen LogP) is 8.30. The number of aromatic amines is 2. The lowest BCUT2D eigenvalue weighted by Crippen LogP contribution is -1.86. The lowest BCUT2D eigenvalue weighted by molar-refractivity contribution is 0.476. The Morgan fingerprint density at radius 1 is 0.545 bits per heavy atom. The summed E-state index contributed by atoms with van der Waals surface area (Å²) in [5, 5.41) is 21.0. The van der Waals surface area contributed by atoms with Crippen molar-refractivity contribution < 1.29 is 10.2 Å². The molecule has 4 N–H and O–H groups in total. The van der Waals surface area contributed by atoms with E-state index in [9.17, 15) is 10.2 Å². The summed E-state index contributed by atoms with van der Waals surface area (Å²) < 4.78 is 0. The number of benzene rings is 5. The highest BCUT2D eigenvalue weighted by Crippen LogP contribution is 2.34. The SMILES string of the molecule is Cc1ccc2[nH]c(-c3cc(N=Cc4ccc(C=Nc5ccc(O)c(-c6nc7cc(C)ccc7[nH]6)c5)cc4)ccc3O)nc2c1. The number of hydrogen-bond acceptors (Lipinski definition) is 6. The summed E-state index contributed by atoms with van der Waals surface area (Å²) in [7, 11) is 0. The number of rotatable bonds is 6. The van der Waals surface area contributed by atoms with Crippen LogP contribution in [-0.4, -0.2) is 42.6 Å². The minimum absolute atomic E-state index is 0.136. The molecule has 0 spiro atoms. The van der Waals surface area contributed by atoms with Crippen molar-refractivity contribution in [2.45, 2.75) is 13.8 Å². The van der Waals surface area contributed by atoms with Crippen molar-refractivity contribution in [3.63, 3.8) is 0 Å². The maximum atomic E-state index is 10.5. The first-order valence-electron chi connectivity index (χ1n) is 14.2. The number of aromatic nitrogens is 4. The fourth-order valence-electron chi connectivity index (χ4n) is 5.04. The molecule has 2 heterocycles. The third-order valence-corrected chi connectivity index (χ3v) is 7.41. The first-order valence-corrected chi connectivity index (χ1v) is 14.2. The number of aliphatic imine (C=N–C) groups is 2. The van der Waals surface area contributed by atoms with Gasteiger partial charge in [-0.1, -0.05) is 36.4 Å². The zero-order valence-electron chi connectivity index (χ0n) is 24.1. The van der Waals surface area contributed by atoms with Crippen LogP contribution in [0.1, 0.15) is 22.3 Å². The van der Waals surface area contributed by atoms with Gasteiger partial charge in [-0.3, -0.25) is 9.98 Å². The molecule has 8 heteroatoms. The van der Waals surface area contributed by atoms with Gasteiger partial charge in [0.25, 0.3) is 0 Å². The molecular formula is C36H28N6O2. The Labute approximate surface area is 253 Å². The van der Waals surface area contributed by atoms with E-state index in [1.54, 1.807) is 36.7 Å². The van der Waals surface area contributed by atoms with Crippen LogP contribution >= 0.6 is 0 Å². The fourth-order valence-corrected chi connectivity index (χ4v) is 5.04. The minimum Gasteiger partial charge on any atom is -0.507 e. The normalized spacial score (nSPS) is 11.9. The van der Waals surface area contributed by atoms with E-state index in [1.165, 1.54) is 0 Å². The monoisotopic (exact) mass is 576 g/mol. The van der Waals surface area contributed by atoms with Gasteiger partial charge < -0.3 is 20.2 Å². The van der Waals surface area contributed by atoms with E-state index in [0.717, 1.165) is 44.3 Å². The van der Waals surface area contributed by atoms with Gasteiger partial charge in [0.2, 0.25) is 0 Å². The molecule has 7 aromatic rings. The van der Waals surface area contributed by atoms with E-state index in [4.69, 9.17) is 0 Å². The van der Waals surface area contributed by atoms with Gasteiger partial charge in [-0.2, -0.15) is 0 Å². The minimum atomic E-state index is 0.136. The van der Waals surface area contributed by atoms with Crippen LogP contribution < -0.4 is 0 Å². The van der Waals surface area contributed by atoms with Gasteiger partial charge in [-0.15, -0.1) is 0 Å². The van der Waals surface area contributed by atoms with Gasteiger partial charge in [0, 0.05) is 12.4 Å². The number of phenolic OH excluding ortho intramolecular Hbond substituents is 2. The van der Waals surface area contributed by atoms with Crippen LogP contribution in [0, 0.1) is 13.8 Å². The van der Waals surface area contributed by atoms with Crippen LogP contribution in [0.5, 0.6) is 11.5 Å². The topological polar surface area (TPSA) is 123 Å². The van der Waals surface area contributed by atoms with E-state index in [1.807, 2.05) is 86.6 Å². The smallest absolute Gasteiger partial charge is 0.142 e. The molecule has 214 valence electrons. The average molecular weight is 577 g/mol. The lowest BCUT2D eigenvalue weighted by Gasteiger charge is -2.03. The Hall–Kier alpha value is -6.02. The van der Waals surface area contributed by atoms with Crippen molar-refractivity contribution in [3.8, 4) is 34.3 Å². The zero-order valence-corrected chi connectivity index (χ0v) is 24.1. The van der Waals surface area contributed by atoms with Crippen LogP contribution in [0.2, 0.25) is 0 Å². The van der Waals surface area contributed by atoms with E-state index < -0.39 is 0 Å². The summed E-state index contributed by atoms with van der Waals surface area (Å²) in [6.45, 7) is 4.05. The highest BCUT2D eigenvalue weighted by atomic mass is 16.3. The molecule has 0 amide bonds. The quantitative estimate of drug-likeness (QED) is 0.149. The second-order valence-corrected chi connectivity index (χ2v) is 10.8. The number of fused-ring (bicyclic) bond motifs is 2. The molecule has 0 radical (unpaired) electrons. The van der Waals surface area contributed by atoms with Crippen molar-refractivity contribution >= 4 is 45.9 Å². The summed E-state index contributed by atoms with van der Waals surface area (Å²) in [6, 6.07) is 30.3. The first kappa shape index (κ1) is 26.9. The van der Waals surface area contributed by atoms with Crippen molar-refractivity contribution in [1.29, 1.82) is 0 Å². The fraction of sp³-hybridized carbons (Fsp3) is 0.0556. The first-order chi connectivity index (χ1) is 21.4. The Kier molecular flexibility index (Phi) is 6.71. The largest absolute Gasteiger partial charge is 0.507 e. The molecule has 0 aliphatic carbocycles. The number of nitrogens with zero attached hydrogens (tertiary/aromatic N) is 4. The molecule has 0 fully saturated rings. The molecule has 0 aliphatic heterocycles. The highest BCUT2D eigenvalue weighted by Gasteiger charge is 2.12. The van der Waals surface area contributed by atoms with Crippen LogP contribution in [0.25, 0.3) is 44.8 Å². The van der Waals surface area contributed by atoms with Gasteiger partial charge in [-0.05, 0) is 96.8 Å². The summed E-state index contributed by atoms with van der Waals surface area (Å²) in [5.74, 6) is 1.46. The molecule has 5 aromatic carbocycles. The molecule has 7 rings (SSSR count). The van der Waals surface area contributed by atoms with Crippen LogP contribution in [0.4, 0.5) is 11.4 Å². The highest BCUT2D eigenvalue weighted by molar-refractivity contribution is 5.88. The number of aryl methyl sites for hydroxylation is 2. The molecule has 0 saturated heterocycles. The molecular weight excluding hydrogens is 548 g/mol. The van der Waals surface area contributed by atoms with Crippen LogP contribution in [-0.2, 0) is 0 Å². The Morgan fingerprint density at radius 3 is 1.41 bits per heavy atom. The number of hydrogen-bond donors (Lipinski definition) is 4. The zero-order chi connectivity index (χ0) is 30.2. The van der Waals surface area contributed by atoms with Crippen LogP contribution in [0.3, 0.4) is 0 Å². The van der Waals surface area contributed by atoms with Crippen molar-refractivity contribution in [2.24, 2.45) is 9.98 Å². The molecule has 8 nitrogen and oxygen atoms in total. The number of aromatic hydroxyl groups is 2. The van der Waals surface area contributed by atoms with Crippen molar-refractivity contribution in [3.05, 3.63) is 119 Å². The van der Waals surface area contributed by atoms with Crippen molar-refractivity contribution in [1.82, 2.24) is 19.9 Å². The third kappa shape index (κ3) is 5.44. The Bertz CT molecular complexity index is 2070. The third-order valence-electron chi connectivity index (χ3n) is 7.41. The van der Waals surface area contributed by atoms with Crippen LogP contribution in [0.15, 0.2) is 107 Å². The standard InChI is InChI=1S/C36H28N6O2/c1-21-3-11-29-31(15-21)41-35(39-29)27-17-25(9-13-33(27)43)37-19-23-5-7-24(8-6-23)20-38-26-10-14-34(44)28(18-26)36-40-30-12-4-22(2)16-32(30)42-36/h3-20,43-44H,1-2H3,(H,39,41)(H,40,42). The summed E-state index contributed by atoms with van der Waals surface area (Å²) in [6.07, 6.45) is 3.56. The maximum absolute atomic E-state index is 10.5. The summed E-state index contributed by atoms with van der Waals surface area (Å²) in [5.41, 5.74) is 10.2. The number of imidazole rings is 2. The van der Waals surface area contributed by atoms with Gasteiger partial charge >= 0.3 is 0 Å². The summed E-state index contributed by atoms with van der Waals surface area (Å²) >= 11 is 0. The molecule has 0 bridgehead atoms. The van der Waals surface area contributed by atoms with Gasteiger partial charge in [-0.25, -0.2) is 9.97 Å². The van der Waals surface area contributed by atoms with Gasteiger partial charge in [0.05, 0.1) is 44.6 Å². The number of H-pyrrole nitrogens is 2.